The molecule has 0 radical (unpaired) electrons. The Morgan fingerprint density at radius 2 is 1.93 bits per heavy atom. The van der Waals surface area contributed by atoms with Crippen LogP contribution in [0.1, 0.15) is 5.56 Å². The van der Waals surface area contributed by atoms with Gasteiger partial charge in [-0.1, -0.05) is 49.6 Å². The highest BCUT2D eigenvalue weighted by Crippen LogP contribution is 2.31. The van der Waals surface area contributed by atoms with Crippen LogP contribution in [0, 0.1) is 0 Å². The molecule has 0 aliphatic rings. The van der Waals surface area contributed by atoms with Gasteiger partial charge in [0.1, 0.15) is 5.52 Å². The Kier molecular flexibility index (Phi) is 6.65. The molecular formula is C23H20N2O2S. The van der Waals surface area contributed by atoms with Crippen molar-refractivity contribution in [1.29, 1.82) is 0 Å². The van der Waals surface area contributed by atoms with Gasteiger partial charge in [0.15, 0.2) is 5.75 Å². The summed E-state index contributed by atoms with van der Waals surface area (Å²) in [7, 11) is 0. The average Bonchev–Trinajstić information content (AvgIpc) is 2.73. The number of hydrogen-bond donors (Lipinski definition) is 1. The van der Waals surface area contributed by atoms with E-state index in [1.807, 2.05) is 36.4 Å². The number of ether oxygens (including phenoxy) is 1. The standard InChI is InChI=1S/C23H20N2O2S/c1-3-9-18(4-2)25-23(26)27-21-14-13-17(20-12-8-15-24-22(20)21)16-28-19-10-6-5-7-11-19/h3-15H,1-2,16H2,(H,25,26)/b18-9+. The summed E-state index contributed by atoms with van der Waals surface area (Å²) in [6, 6.07) is 17.8. The van der Waals surface area contributed by atoms with Crippen LogP contribution < -0.4 is 10.1 Å². The predicted molar refractivity (Wildman–Crippen MR) is 115 cm³/mol. The van der Waals surface area contributed by atoms with Crippen LogP contribution >= 0.6 is 11.8 Å². The molecule has 0 atom stereocenters. The lowest BCUT2D eigenvalue weighted by atomic mass is 10.1. The van der Waals surface area contributed by atoms with Crippen molar-refractivity contribution in [2.45, 2.75) is 10.6 Å². The number of benzene rings is 2. The van der Waals surface area contributed by atoms with Gasteiger partial charge in [-0.05, 0) is 42.0 Å². The van der Waals surface area contributed by atoms with Crippen molar-refractivity contribution < 1.29 is 9.53 Å². The second kappa shape index (κ2) is 9.58. The molecule has 0 aliphatic heterocycles. The number of carbonyl (C=O) groups excluding carboxylic acids is 1. The van der Waals surface area contributed by atoms with Crippen molar-refractivity contribution in [1.82, 2.24) is 10.3 Å². The molecule has 28 heavy (non-hydrogen) atoms. The molecule has 4 nitrogen and oxygen atoms in total. The van der Waals surface area contributed by atoms with Crippen LogP contribution in [0.4, 0.5) is 4.79 Å². The van der Waals surface area contributed by atoms with Crippen LogP contribution in [-0.4, -0.2) is 11.1 Å². The molecule has 140 valence electrons. The molecule has 0 aliphatic carbocycles. The fourth-order valence-corrected chi connectivity index (χ4v) is 3.55. The Morgan fingerprint density at radius 1 is 1.11 bits per heavy atom. The summed E-state index contributed by atoms with van der Waals surface area (Å²) < 4.78 is 5.48. The first-order valence-electron chi connectivity index (χ1n) is 8.69. The van der Waals surface area contributed by atoms with E-state index in [1.165, 1.54) is 11.0 Å². The Labute approximate surface area is 168 Å². The molecule has 1 amide bonds. The van der Waals surface area contributed by atoms with E-state index >= 15 is 0 Å². The molecule has 5 heteroatoms. The van der Waals surface area contributed by atoms with Gasteiger partial charge in [0.25, 0.3) is 0 Å². The van der Waals surface area contributed by atoms with E-state index in [1.54, 1.807) is 36.2 Å². The summed E-state index contributed by atoms with van der Waals surface area (Å²) >= 11 is 1.75. The lowest BCUT2D eigenvalue weighted by Gasteiger charge is -2.11. The minimum absolute atomic E-state index is 0.406. The van der Waals surface area contributed by atoms with Crippen LogP contribution in [0.2, 0.25) is 0 Å². The molecular weight excluding hydrogens is 368 g/mol. The molecule has 3 rings (SSSR count). The second-order valence-corrected chi connectivity index (χ2v) is 6.85. The maximum atomic E-state index is 12.2. The van der Waals surface area contributed by atoms with Gasteiger partial charge in [0, 0.05) is 27.9 Å². The third-order valence-electron chi connectivity index (χ3n) is 3.93. The summed E-state index contributed by atoms with van der Waals surface area (Å²) in [5.41, 5.74) is 2.29. The highest BCUT2D eigenvalue weighted by atomic mass is 32.2. The largest absolute Gasteiger partial charge is 0.417 e. The van der Waals surface area contributed by atoms with Crippen LogP contribution in [0.3, 0.4) is 0 Å². The summed E-state index contributed by atoms with van der Waals surface area (Å²) in [5.74, 6) is 1.20. The summed E-state index contributed by atoms with van der Waals surface area (Å²) in [5, 5.41) is 3.58. The summed E-state index contributed by atoms with van der Waals surface area (Å²) in [6.07, 6.45) is 5.80. The van der Waals surface area contributed by atoms with Crippen molar-refractivity contribution in [3.05, 3.63) is 103 Å². The van der Waals surface area contributed by atoms with E-state index < -0.39 is 6.09 Å². The quantitative estimate of drug-likeness (QED) is 0.406. The van der Waals surface area contributed by atoms with Gasteiger partial charge >= 0.3 is 6.09 Å². The first-order chi connectivity index (χ1) is 13.7. The van der Waals surface area contributed by atoms with E-state index in [-0.39, 0.29) is 0 Å². The molecule has 0 saturated carbocycles. The van der Waals surface area contributed by atoms with Crippen LogP contribution in [0.5, 0.6) is 5.75 Å². The van der Waals surface area contributed by atoms with Crippen molar-refractivity contribution >= 4 is 28.8 Å². The van der Waals surface area contributed by atoms with E-state index in [0.29, 0.717) is 17.0 Å². The van der Waals surface area contributed by atoms with Gasteiger partial charge in [-0.2, -0.15) is 0 Å². The molecule has 2 aromatic carbocycles. The first kappa shape index (κ1) is 19.5. The SMILES string of the molecule is C=C/C=C(\C=C)NC(=O)Oc1ccc(CSc2ccccc2)c2cccnc12. The van der Waals surface area contributed by atoms with Gasteiger partial charge in [0.05, 0.1) is 0 Å². The normalized spacial score (nSPS) is 11.1. The number of thioether (sulfide) groups is 1. The zero-order valence-corrected chi connectivity index (χ0v) is 16.1. The first-order valence-corrected chi connectivity index (χ1v) is 9.68. The molecule has 1 heterocycles. The third-order valence-corrected chi connectivity index (χ3v) is 4.99. The molecule has 0 saturated heterocycles. The zero-order valence-electron chi connectivity index (χ0n) is 15.3. The van der Waals surface area contributed by atoms with Crippen LogP contribution in [-0.2, 0) is 5.75 Å². The minimum atomic E-state index is -0.605. The highest BCUT2D eigenvalue weighted by Gasteiger charge is 2.12. The van der Waals surface area contributed by atoms with Gasteiger partial charge in [0.2, 0.25) is 0 Å². The smallest absolute Gasteiger partial charge is 0.408 e. The number of allylic oxidation sites excluding steroid dienone is 3. The Morgan fingerprint density at radius 3 is 2.68 bits per heavy atom. The van der Waals surface area contributed by atoms with Crippen molar-refractivity contribution in [3.8, 4) is 5.75 Å². The minimum Gasteiger partial charge on any atom is -0.408 e. The Balaban J connectivity index is 1.81. The molecule has 0 bridgehead atoms. The average molecular weight is 388 g/mol. The number of carbonyl (C=O) groups is 1. The van der Waals surface area contributed by atoms with Crippen molar-refractivity contribution in [2.24, 2.45) is 0 Å². The number of nitrogens with zero attached hydrogens (tertiary/aromatic N) is 1. The molecule has 3 aromatic rings. The molecule has 0 unspecified atom stereocenters. The lowest BCUT2D eigenvalue weighted by molar-refractivity contribution is 0.204. The highest BCUT2D eigenvalue weighted by molar-refractivity contribution is 7.98. The maximum Gasteiger partial charge on any atom is 0.417 e. The number of fused-ring (bicyclic) bond motifs is 1. The number of rotatable bonds is 7. The number of amides is 1. The number of hydrogen-bond acceptors (Lipinski definition) is 4. The monoisotopic (exact) mass is 388 g/mol. The van der Waals surface area contributed by atoms with Crippen LogP contribution in [0.25, 0.3) is 10.9 Å². The molecule has 0 fully saturated rings. The van der Waals surface area contributed by atoms with Gasteiger partial charge < -0.3 is 4.74 Å². The molecule has 1 N–H and O–H groups in total. The van der Waals surface area contributed by atoms with Crippen molar-refractivity contribution in [2.75, 3.05) is 0 Å². The topological polar surface area (TPSA) is 51.2 Å². The van der Waals surface area contributed by atoms with E-state index in [0.717, 1.165) is 16.7 Å². The molecule has 0 spiro atoms. The van der Waals surface area contributed by atoms with Gasteiger partial charge in [-0.15, -0.1) is 11.8 Å². The van der Waals surface area contributed by atoms with E-state index in [9.17, 15) is 4.79 Å². The Bertz CT molecular complexity index is 1030. The molecule has 1 aromatic heterocycles. The van der Waals surface area contributed by atoms with E-state index in [2.05, 4.69) is 35.6 Å². The van der Waals surface area contributed by atoms with Crippen LogP contribution in [0.15, 0.2) is 103 Å². The summed E-state index contributed by atoms with van der Waals surface area (Å²) in [6.45, 7) is 7.25. The second-order valence-electron chi connectivity index (χ2n) is 5.80. The van der Waals surface area contributed by atoms with Gasteiger partial charge in [-0.3, -0.25) is 10.3 Å². The fourth-order valence-electron chi connectivity index (χ4n) is 2.62. The number of pyridine rings is 1. The third kappa shape index (κ3) is 4.90. The number of aromatic nitrogens is 1. The fraction of sp³-hybridized carbons (Fsp3) is 0.0435. The van der Waals surface area contributed by atoms with E-state index in [4.69, 9.17) is 4.74 Å². The van der Waals surface area contributed by atoms with Gasteiger partial charge in [-0.25, -0.2) is 4.79 Å². The zero-order chi connectivity index (χ0) is 19.8. The summed E-state index contributed by atoms with van der Waals surface area (Å²) in [4.78, 5) is 17.8. The predicted octanol–water partition coefficient (Wildman–Crippen LogP) is 5.87. The Hall–Kier alpha value is -3.31. The van der Waals surface area contributed by atoms with Crippen molar-refractivity contribution in [3.63, 3.8) is 0 Å². The number of nitrogens with one attached hydrogen (secondary N) is 1. The maximum absolute atomic E-state index is 12.2. The lowest BCUT2D eigenvalue weighted by Crippen LogP contribution is -2.25.